The minimum atomic E-state index is -4.74. The van der Waals surface area contributed by atoms with E-state index in [4.69, 9.17) is 4.52 Å². The lowest BCUT2D eigenvalue weighted by Crippen LogP contribution is -2.17. The molecule has 0 radical (unpaired) electrons. The normalized spacial score (nSPS) is 11.8. The van der Waals surface area contributed by atoms with Crippen LogP contribution in [0.25, 0.3) is 5.82 Å². The standard InChI is InChI=1S/C17H15F3N4O3S/c1-8-4-11(10(3)24(8)14-5-9(2)27-23-14)12(25)7-28-16-21-13(17(18,19)20)6-15(26)22-16/h4-6H,7H2,1-3H3,(H,21,22,26). The number of halogens is 3. The van der Waals surface area contributed by atoms with Crippen molar-refractivity contribution in [3.8, 4) is 5.82 Å². The third-order valence-electron chi connectivity index (χ3n) is 3.93. The second-order valence-corrected chi connectivity index (χ2v) is 7.03. The van der Waals surface area contributed by atoms with E-state index in [-0.39, 0.29) is 16.7 Å². The van der Waals surface area contributed by atoms with E-state index in [0.717, 1.165) is 17.5 Å². The number of thioether (sulfide) groups is 1. The number of H-pyrrole nitrogens is 1. The molecule has 0 spiro atoms. The van der Waals surface area contributed by atoms with Crippen molar-refractivity contribution in [3.63, 3.8) is 0 Å². The predicted octanol–water partition coefficient (Wildman–Crippen LogP) is 3.47. The van der Waals surface area contributed by atoms with Gasteiger partial charge in [-0.2, -0.15) is 13.2 Å². The number of hydrogen-bond acceptors (Lipinski definition) is 6. The van der Waals surface area contributed by atoms with Crippen LogP contribution >= 0.6 is 11.8 Å². The van der Waals surface area contributed by atoms with Gasteiger partial charge in [0.15, 0.2) is 22.5 Å². The van der Waals surface area contributed by atoms with Gasteiger partial charge in [-0.3, -0.25) is 14.2 Å². The van der Waals surface area contributed by atoms with Gasteiger partial charge >= 0.3 is 6.18 Å². The van der Waals surface area contributed by atoms with Crippen LogP contribution in [0.15, 0.2) is 32.7 Å². The summed E-state index contributed by atoms with van der Waals surface area (Å²) in [5.74, 6) is 0.644. The van der Waals surface area contributed by atoms with E-state index in [1.165, 1.54) is 0 Å². The molecule has 0 fully saturated rings. The van der Waals surface area contributed by atoms with E-state index < -0.39 is 17.4 Å². The Labute approximate surface area is 161 Å². The van der Waals surface area contributed by atoms with Crippen LogP contribution in [0.4, 0.5) is 13.2 Å². The Hall–Kier alpha value is -2.82. The molecule has 0 bridgehead atoms. The molecule has 28 heavy (non-hydrogen) atoms. The number of hydrogen-bond donors (Lipinski definition) is 1. The van der Waals surface area contributed by atoms with Crippen LogP contribution in [0.1, 0.15) is 33.2 Å². The van der Waals surface area contributed by atoms with Crippen LogP contribution in [-0.4, -0.2) is 31.2 Å². The second-order valence-electron chi connectivity index (χ2n) is 6.06. The topological polar surface area (TPSA) is 93.8 Å². The fourth-order valence-corrected chi connectivity index (χ4v) is 3.48. The average molecular weight is 412 g/mol. The number of nitrogens with one attached hydrogen (secondary N) is 1. The van der Waals surface area contributed by atoms with Gasteiger partial charge in [-0.1, -0.05) is 16.9 Å². The van der Waals surface area contributed by atoms with E-state index >= 15 is 0 Å². The van der Waals surface area contributed by atoms with Crippen molar-refractivity contribution in [2.45, 2.75) is 32.1 Å². The molecule has 0 aromatic carbocycles. The molecule has 0 amide bonds. The highest BCUT2D eigenvalue weighted by Gasteiger charge is 2.33. The van der Waals surface area contributed by atoms with E-state index in [1.807, 2.05) is 0 Å². The Bertz CT molecular complexity index is 1100. The highest BCUT2D eigenvalue weighted by Crippen LogP contribution is 2.28. The third kappa shape index (κ3) is 4.03. The van der Waals surface area contributed by atoms with Gasteiger partial charge < -0.3 is 9.51 Å². The number of carbonyl (C=O) groups is 1. The molecule has 0 aliphatic carbocycles. The number of nitrogens with zero attached hydrogens (tertiary/aromatic N) is 3. The summed E-state index contributed by atoms with van der Waals surface area (Å²) >= 11 is 0.732. The maximum absolute atomic E-state index is 12.8. The molecular formula is C17H15F3N4O3S. The lowest BCUT2D eigenvalue weighted by Gasteiger charge is -2.07. The number of Topliss-reactive ketones (excluding diaryl/α,β-unsaturated/α-hetero) is 1. The summed E-state index contributed by atoms with van der Waals surface area (Å²) in [6.07, 6.45) is -4.74. The Balaban J connectivity index is 1.82. The molecule has 0 aliphatic heterocycles. The zero-order chi connectivity index (χ0) is 20.6. The first-order chi connectivity index (χ1) is 13.1. The average Bonchev–Trinajstić information content (AvgIpc) is 3.14. The summed E-state index contributed by atoms with van der Waals surface area (Å²) < 4.78 is 45.1. The van der Waals surface area contributed by atoms with Gasteiger partial charge in [-0.15, -0.1) is 0 Å². The first-order valence-corrected chi connectivity index (χ1v) is 9.02. The van der Waals surface area contributed by atoms with Crippen molar-refractivity contribution in [1.29, 1.82) is 0 Å². The van der Waals surface area contributed by atoms with Crippen LogP contribution in [0.3, 0.4) is 0 Å². The lowest BCUT2D eigenvalue weighted by atomic mass is 10.2. The number of ketones is 1. The molecule has 0 unspecified atom stereocenters. The van der Waals surface area contributed by atoms with Crippen molar-refractivity contribution >= 4 is 17.5 Å². The minimum absolute atomic E-state index is 0.188. The Morgan fingerprint density at radius 1 is 1.25 bits per heavy atom. The van der Waals surface area contributed by atoms with Gasteiger partial charge in [0.1, 0.15) is 5.76 Å². The summed E-state index contributed by atoms with van der Waals surface area (Å²) in [4.78, 5) is 29.6. The molecular weight excluding hydrogens is 397 g/mol. The summed E-state index contributed by atoms with van der Waals surface area (Å²) in [5, 5.41) is 3.66. The second kappa shape index (κ2) is 7.30. The van der Waals surface area contributed by atoms with Crippen molar-refractivity contribution in [1.82, 2.24) is 19.7 Å². The molecule has 0 saturated heterocycles. The molecule has 3 heterocycles. The van der Waals surface area contributed by atoms with Crippen molar-refractivity contribution < 1.29 is 22.5 Å². The molecule has 148 valence electrons. The Morgan fingerprint density at radius 3 is 2.57 bits per heavy atom. The van der Waals surface area contributed by atoms with Crippen LogP contribution < -0.4 is 5.56 Å². The largest absolute Gasteiger partial charge is 0.433 e. The third-order valence-corrected chi connectivity index (χ3v) is 4.80. The monoisotopic (exact) mass is 412 g/mol. The van der Waals surface area contributed by atoms with E-state index in [2.05, 4.69) is 15.1 Å². The van der Waals surface area contributed by atoms with Crippen molar-refractivity contribution in [2.24, 2.45) is 0 Å². The first kappa shape index (κ1) is 19.9. The van der Waals surface area contributed by atoms with Gasteiger partial charge in [0, 0.05) is 29.1 Å². The first-order valence-electron chi connectivity index (χ1n) is 8.03. The number of aromatic amines is 1. The molecule has 3 aromatic heterocycles. The summed E-state index contributed by atoms with van der Waals surface area (Å²) in [5.41, 5.74) is -0.450. The smallest absolute Gasteiger partial charge is 0.360 e. The molecule has 1 N–H and O–H groups in total. The summed E-state index contributed by atoms with van der Waals surface area (Å²) in [7, 11) is 0. The molecule has 3 rings (SSSR count). The highest BCUT2D eigenvalue weighted by molar-refractivity contribution is 7.99. The number of aromatic nitrogens is 4. The van der Waals surface area contributed by atoms with Crippen LogP contribution in [0.5, 0.6) is 0 Å². The zero-order valence-electron chi connectivity index (χ0n) is 15.0. The van der Waals surface area contributed by atoms with Gasteiger partial charge in [0.2, 0.25) is 0 Å². The van der Waals surface area contributed by atoms with Crippen LogP contribution in [-0.2, 0) is 6.18 Å². The quantitative estimate of drug-likeness (QED) is 0.392. The molecule has 0 saturated carbocycles. The maximum Gasteiger partial charge on any atom is 0.433 e. The summed E-state index contributed by atoms with van der Waals surface area (Å²) in [6.45, 7) is 5.28. The van der Waals surface area contributed by atoms with E-state index in [1.54, 1.807) is 37.5 Å². The molecule has 0 atom stereocenters. The fourth-order valence-electron chi connectivity index (χ4n) is 2.72. The molecule has 3 aromatic rings. The zero-order valence-corrected chi connectivity index (χ0v) is 15.9. The van der Waals surface area contributed by atoms with Crippen molar-refractivity contribution in [2.75, 3.05) is 5.75 Å². The van der Waals surface area contributed by atoms with E-state index in [0.29, 0.717) is 28.9 Å². The number of alkyl halides is 3. The minimum Gasteiger partial charge on any atom is -0.360 e. The van der Waals surface area contributed by atoms with Crippen molar-refractivity contribution in [3.05, 3.63) is 57.0 Å². The Kier molecular flexibility index (Phi) is 5.20. The predicted molar refractivity (Wildman–Crippen MR) is 95.0 cm³/mol. The van der Waals surface area contributed by atoms with Gasteiger partial charge in [-0.25, -0.2) is 4.98 Å². The molecule has 7 nitrogen and oxygen atoms in total. The summed E-state index contributed by atoms with van der Waals surface area (Å²) in [6, 6.07) is 3.77. The Morgan fingerprint density at radius 2 is 1.96 bits per heavy atom. The van der Waals surface area contributed by atoms with Crippen LogP contribution in [0.2, 0.25) is 0 Å². The maximum atomic E-state index is 12.8. The van der Waals surface area contributed by atoms with E-state index in [9.17, 15) is 22.8 Å². The van der Waals surface area contributed by atoms with Crippen LogP contribution in [0, 0.1) is 20.8 Å². The number of carbonyl (C=O) groups excluding carboxylic acids is 1. The highest BCUT2D eigenvalue weighted by atomic mass is 32.2. The SMILES string of the molecule is Cc1cc(-n2c(C)cc(C(=O)CSc3nc(C(F)(F)F)cc(=O)[nH]3)c2C)no1. The molecule has 11 heteroatoms. The van der Waals surface area contributed by atoms with Gasteiger partial charge in [-0.05, 0) is 26.8 Å². The fraction of sp³-hybridized carbons (Fsp3) is 0.294. The number of aryl methyl sites for hydroxylation is 2. The van der Waals surface area contributed by atoms with Gasteiger partial charge in [0.25, 0.3) is 5.56 Å². The number of rotatable bonds is 5. The molecule has 0 aliphatic rings. The van der Waals surface area contributed by atoms with Gasteiger partial charge in [0.05, 0.1) is 5.75 Å². The lowest BCUT2D eigenvalue weighted by molar-refractivity contribution is -0.141.